The van der Waals surface area contributed by atoms with Gasteiger partial charge in [0, 0.05) is 25.7 Å². The normalized spacial score (nSPS) is 13.4. The van der Waals surface area contributed by atoms with Gasteiger partial charge >= 0.3 is 6.09 Å². The summed E-state index contributed by atoms with van der Waals surface area (Å²) in [5.41, 5.74) is 0.732. The van der Waals surface area contributed by atoms with E-state index in [-0.39, 0.29) is 23.2 Å². The number of nitrogens with one attached hydrogen (secondary N) is 1. The summed E-state index contributed by atoms with van der Waals surface area (Å²) in [5, 5.41) is 20.9. The van der Waals surface area contributed by atoms with Crippen molar-refractivity contribution in [1.29, 1.82) is 10.5 Å². The second-order valence-corrected chi connectivity index (χ2v) is 10.9. The Hall–Kier alpha value is -5.09. The Labute approximate surface area is 245 Å². The van der Waals surface area contributed by atoms with Gasteiger partial charge in [0.25, 0.3) is 5.91 Å². The molecule has 0 bridgehead atoms. The summed E-state index contributed by atoms with van der Waals surface area (Å²) in [6, 6.07) is 20.5. The molecular weight excluding hydrogens is 534 g/mol. The van der Waals surface area contributed by atoms with Crippen LogP contribution in [0.2, 0.25) is 0 Å². The molecule has 0 atom stereocenters. The van der Waals surface area contributed by atoms with Crippen LogP contribution in [-0.4, -0.2) is 47.1 Å². The number of likely N-dealkylation sites (tertiary alicyclic amines) is 1. The van der Waals surface area contributed by atoms with Crippen LogP contribution in [-0.2, 0) is 4.74 Å². The first-order chi connectivity index (χ1) is 20.1. The second kappa shape index (κ2) is 13.5. The van der Waals surface area contributed by atoms with Gasteiger partial charge in [-0.05, 0) is 101 Å². The van der Waals surface area contributed by atoms with Gasteiger partial charge in [-0.25, -0.2) is 4.79 Å². The number of rotatable bonds is 8. The van der Waals surface area contributed by atoms with Gasteiger partial charge in [-0.1, -0.05) is 0 Å². The molecule has 10 nitrogen and oxygen atoms in total. The van der Waals surface area contributed by atoms with Crippen LogP contribution in [0.1, 0.15) is 61.5 Å². The van der Waals surface area contributed by atoms with Gasteiger partial charge in [0.05, 0.1) is 23.3 Å². The van der Waals surface area contributed by atoms with Gasteiger partial charge in [0.2, 0.25) is 11.8 Å². The predicted molar refractivity (Wildman–Crippen MR) is 154 cm³/mol. The number of hydrogen-bond donors (Lipinski definition) is 1. The van der Waals surface area contributed by atoms with Crippen LogP contribution in [0.3, 0.4) is 0 Å². The topological polar surface area (TPSA) is 138 Å². The molecule has 1 aliphatic heterocycles. The fourth-order valence-corrected chi connectivity index (χ4v) is 4.44. The lowest BCUT2D eigenvalue weighted by atomic mass is 9.93. The van der Waals surface area contributed by atoms with E-state index in [1.807, 2.05) is 20.8 Å². The SMILES string of the molecule is CC(C)(C)OC(=O)NCCC1CCN(C(=O)c2ccc(Oc3ccc(C#N)cc3)nc2Oc2ccc(C#N)cc2)CC1. The maximum atomic E-state index is 13.6. The lowest BCUT2D eigenvalue weighted by molar-refractivity contribution is 0.0522. The maximum absolute atomic E-state index is 13.6. The smallest absolute Gasteiger partial charge is 0.407 e. The molecule has 10 heteroatoms. The number of benzene rings is 2. The molecule has 0 aliphatic carbocycles. The van der Waals surface area contributed by atoms with Gasteiger partial charge in [0.1, 0.15) is 22.7 Å². The third-order valence-corrected chi connectivity index (χ3v) is 6.59. The Kier molecular flexibility index (Phi) is 9.61. The molecule has 4 rings (SSSR count). The minimum atomic E-state index is -0.540. The van der Waals surface area contributed by atoms with E-state index in [2.05, 4.69) is 22.4 Å². The highest BCUT2D eigenvalue weighted by Gasteiger charge is 2.27. The molecular formula is C32H33N5O5. The van der Waals surface area contributed by atoms with Gasteiger partial charge < -0.3 is 24.4 Å². The Morgan fingerprint density at radius 1 is 0.905 bits per heavy atom. The molecule has 42 heavy (non-hydrogen) atoms. The lowest BCUT2D eigenvalue weighted by Crippen LogP contribution is -2.39. The lowest BCUT2D eigenvalue weighted by Gasteiger charge is -2.32. The Balaban J connectivity index is 1.43. The van der Waals surface area contributed by atoms with Crippen LogP contribution >= 0.6 is 0 Å². The van der Waals surface area contributed by atoms with Crippen LogP contribution in [0.15, 0.2) is 60.7 Å². The predicted octanol–water partition coefficient (Wildman–Crippen LogP) is 6.18. The third-order valence-electron chi connectivity index (χ3n) is 6.59. The summed E-state index contributed by atoms with van der Waals surface area (Å²) in [5.74, 6) is 1.37. The molecule has 2 heterocycles. The molecule has 0 spiro atoms. The summed E-state index contributed by atoms with van der Waals surface area (Å²) in [6.45, 7) is 7.12. The Morgan fingerprint density at radius 2 is 1.48 bits per heavy atom. The molecule has 2 aromatic carbocycles. The number of ether oxygens (including phenoxy) is 3. The van der Waals surface area contributed by atoms with Crippen molar-refractivity contribution in [2.24, 2.45) is 5.92 Å². The molecule has 2 amide bonds. The summed E-state index contributed by atoms with van der Waals surface area (Å²) in [6.07, 6.45) is 1.99. The molecule has 1 saturated heterocycles. The Morgan fingerprint density at radius 3 is 2.02 bits per heavy atom. The number of alkyl carbamates (subject to hydrolysis) is 1. The minimum absolute atomic E-state index is 0.0829. The van der Waals surface area contributed by atoms with Crippen molar-refractivity contribution in [1.82, 2.24) is 15.2 Å². The number of pyridine rings is 1. The zero-order valence-corrected chi connectivity index (χ0v) is 23.9. The average molecular weight is 568 g/mol. The summed E-state index contributed by atoms with van der Waals surface area (Å²) < 4.78 is 17.2. The summed E-state index contributed by atoms with van der Waals surface area (Å²) in [7, 11) is 0. The average Bonchev–Trinajstić information content (AvgIpc) is 2.97. The number of hydrogen-bond acceptors (Lipinski definition) is 8. The molecule has 1 fully saturated rings. The molecule has 0 saturated carbocycles. The summed E-state index contributed by atoms with van der Waals surface area (Å²) in [4.78, 5) is 31.8. The highest BCUT2D eigenvalue weighted by molar-refractivity contribution is 5.96. The molecule has 0 radical (unpaired) electrons. The van der Waals surface area contributed by atoms with Crippen LogP contribution in [0.4, 0.5) is 4.79 Å². The molecule has 1 aromatic heterocycles. The molecule has 1 N–H and O–H groups in total. The fourth-order valence-electron chi connectivity index (χ4n) is 4.44. The van der Waals surface area contributed by atoms with Crippen LogP contribution in [0.25, 0.3) is 0 Å². The van der Waals surface area contributed by atoms with Crippen molar-refractivity contribution in [2.75, 3.05) is 19.6 Å². The van der Waals surface area contributed by atoms with Crippen molar-refractivity contribution in [3.63, 3.8) is 0 Å². The molecule has 0 unspecified atom stereocenters. The number of nitrogens with zero attached hydrogens (tertiary/aromatic N) is 4. The number of nitriles is 2. The third kappa shape index (κ3) is 8.45. The number of piperidine rings is 1. The van der Waals surface area contributed by atoms with Crippen LogP contribution < -0.4 is 14.8 Å². The Bertz CT molecular complexity index is 1480. The first-order valence-corrected chi connectivity index (χ1v) is 13.8. The van der Waals surface area contributed by atoms with Crippen LogP contribution in [0, 0.1) is 28.6 Å². The standard InChI is InChI=1S/C32H33N5O5/c1-32(2,3)42-31(39)35-17-14-22-15-18-37(19-16-22)30(38)27-12-13-28(40-25-8-4-23(20-33)5-9-25)36-29(27)41-26-10-6-24(21-34)7-11-26/h4-13,22H,14-19H2,1-3H3,(H,35,39). The summed E-state index contributed by atoms with van der Waals surface area (Å²) >= 11 is 0. The van der Waals surface area contributed by atoms with Crippen molar-refractivity contribution in [3.05, 3.63) is 77.4 Å². The highest BCUT2D eigenvalue weighted by atomic mass is 16.6. The fraction of sp³-hybridized carbons (Fsp3) is 0.344. The van der Waals surface area contributed by atoms with Crippen molar-refractivity contribution in [3.8, 4) is 35.4 Å². The van der Waals surface area contributed by atoms with Gasteiger partial charge in [0.15, 0.2) is 0 Å². The van der Waals surface area contributed by atoms with Crippen molar-refractivity contribution in [2.45, 2.75) is 45.6 Å². The van der Waals surface area contributed by atoms with Crippen molar-refractivity contribution >= 4 is 12.0 Å². The van der Waals surface area contributed by atoms with E-state index in [0.29, 0.717) is 48.2 Å². The maximum Gasteiger partial charge on any atom is 0.407 e. The monoisotopic (exact) mass is 567 g/mol. The number of carbonyl (C=O) groups excluding carboxylic acids is 2. The van der Waals surface area contributed by atoms with E-state index < -0.39 is 11.7 Å². The van der Waals surface area contributed by atoms with Gasteiger partial charge in [-0.15, -0.1) is 0 Å². The number of aromatic nitrogens is 1. The van der Waals surface area contributed by atoms with Gasteiger partial charge in [-0.2, -0.15) is 15.5 Å². The van der Waals surface area contributed by atoms with Crippen LogP contribution in [0.5, 0.6) is 23.3 Å². The van der Waals surface area contributed by atoms with E-state index >= 15 is 0 Å². The number of carbonyl (C=O) groups is 2. The van der Waals surface area contributed by atoms with Crippen molar-refractivity contribution < 1.29 is 23.8 Å². The van der Waals surface area contributed by atoms with E-state index in [1.165, 1.54) is 0 Å². The first kappa shape index (κ1) is 29.9. The minimum Gasteiger partial charge on any atom is -0.444 e. The van der Waals surface area contributed by atoms with E-state index in [1.54, 1.807) is 65.6 Å². The van der Waals surface area contributed by atoms with E-state index in [9.17, 15) is 9.59 Å². The molecule has 3 aromatic rings. The highest BCUT2D eigenvalue weighted by Crippen LogP contribution is 2.31. The van der Waals surface area contributed by atoms with E-state index in [4.69, 9.17) is 24.7 Å². The van der Waals surface area contributed by atoms with Gasteiger partial charge in [-0.3, -0.25) is 4.79 Å². The quantitative estimate of drug-likeness (QED) is 0.341. The first-order valence-electron chi connectivity index (χ1n) is 13.8. The molecule has 216 valence electrons. The number of amides is 2. The zero-order chi connectivity index (χ0) is 30.1. The molecule has 1 aliphatic rings. The largest absolute Gasteiger partial charge is 0.444 e. The van der Waals surface area contributed by atoms with E-state index in [0.717, 1.165) is 19.3 Å². The second-order valence-electron chi connectivity index (χ2n) is 10.9. The zero-order valence-electron chi connectivity index (χ0n) is 23.9.